The van der Waals surface area contributed by atoms with Crippen LogP contribution in [0.1, 0.15) is 12.5 Å². The van der Waals surface area contributed by atoms with Gasteiger partial charge in [-0.2, -0.15) is 0 Å². The Bertz CT molecular complexity index is 546. The normalized spacial score (nSPS) is 11.8. The minimum absolute atomic E-state index is 0. The zero-order valence-electron chi connectivity index (χ0n) is 11.6. The van der Waals surface area contributed by atoms with E-state index in [0.29, 0.717) is 6.54 Å². The van der Waals surface area contributed by atoms with Crippen LogP contribution in [-0.4, -0.2) is 33.2 Å². The highest BCUT2D eigenvalue weighted by molar-refractivity contribution is 14.0. The van der Waals surface area contributed by atoms with Gasteiger partial charge < -0.3 is 11.1 Å². The van der Waals surface area contributed by atoms with Crippen molar-refractivity contribution in [2.45, 2.75) is 13.8 Å². The van der Waals surface area contributed by atoms with Crippen LogP contribution in [0, 0.1) is 6.92 Å². The van der Waals surface area contributed by atoms with Gasteiger partial charge in [0.05, 0.1) is 12.3 Å². The minimum atomic E-state index is -3.16. The molecule has 8 heteroatoms. The average Bonchev–Trinajstić information content (AvgIpc) is 2.35. The van der Waals surface area contributed by atoms with Crippen LogP contribution in [0.25, 0.3) is 0 Å². The summed E-state index contributed by atoms with van der Waals surface area (Å²) < 4.78 is 24.8. The maximum Gasteiger partial charge on any atom is 0.211 e. The Hall–Kier alpha value is -0.870. The highest BCUT2D eigenvalue weighted by atomic mass is 127. The van der Waals surface area contributed by atoms with E-state index in [4.69, 9.17) is 5.73 Å². The van der Waals surface area contributed by atoms with Crippen LogP contribution < -0.4 is 15.8 Å². The van der Waals surface area contributed by atoms with Crippen molar-refractivity contribution in [1.29, 1.82) is 0 Å². The number of nitrogens with zero attached hydrogens (tertiary/aromatic N) is 1. The SMILES string of the molecule is CCS(=O)(=O)NCCN=C(N)Nc1cccc(C)c1.I. The molecule has 0 fully saturated rings. The van der Waals surface area contributed by atoms with Gasteiger partial charge in [-0.25, -0.2) is 13.1 Å². The molecule has 6 nitrogen and oxygen atoms in total. The molecule has 0 unspecified atom stereocenters. The number of hydrogen-bond donors (Lipinski definition) is 3. The highest BCUT2D eigenvalue weighted by Gasteiger charge is 2.03. The van der Waals surface area contributed by atoms with Crippen LogP contribution >= 0.6 is 24.0 Å². The van der Waals surface area contributed by atoms with Crippen molar-refractivity contribution in [2.75, 3.05) is 24.2 Å². The predicted octanol–water partition coefficient (Wildman–Crippen LogP) is 1.28. The molecule has 0 saturated heterocycles. The van der Waals surface area contributed by atoms with Crippen LogP contribution in [0.2, 0.25) is 0 Å². The number of nitrogens with two attached hydrogens (primary N) is 1. The zero-order valence-corrected chi connectivity index (χ0v) is 14.7. The van der Waals surface area contributed by atoms with Crippen molar-refractivity contribution in [1.82, 2.24) is 4.72 Å². The number of hydrogen-bond acceptors (Lipinski definition) is 3. The van der Waals surface area contributed by atoms with Gasteiger partial charge in [-0.05, 0) is 31.5 Å². The summed E-state index contributed by atoms with van der Waals surface area (Å²) in [6.45, 7) is 4.10. The Kier molecular flexibility index (Phi) is 8.74. The minimum Gasteiger partial charge on any atom is -0.370 e. The van der Waals surface area contributed by atoms with Crippen molar-refractivity contribution in [2.24, 2.45) is 10.7 Å². The first kappa shape index (κ1) is 19.1. The van der Waals surface area contributed by atoms with Crippen LogP contribution in [0.4, 0.5) is 5.69 Å². The summed E-state index contributed by atoms with van der Waals surface area (Å²) in [5.74, 6) is 0.328. The van der Waals surface area contributed by atoms with Crippen LogP contribution in [-0.2, 0) is 10.0 Å². The van der Waals surface area contributed by atoms with Crippen molar-refractivity contribution >= 4 is 45.6 Å². The first-order valence-corrected chi connectivity index (χ1v) is 7.69. The van der Waals surface area contributed by atoms with E-state index < -0.39 is 10.0 Å². The van der Waals surface area contributed by atoms with Crippen LogP contribution in [0.3, 0.4) is 0 Å². The number of guanidine groups is 1. The molecule has 0 amide bonds. The van der Waals surface area contributed by atoms with Gasteiger partial charge in [-0.1, -0.05) is 12.1 Å². The molecule has 0 aromatic heterocycles. The molecule has 0 spiro atoms. The summed E-state index contributed by atoms with van der Waals surface area (Å²) in [7, 11) is -3.16. The number of aliphatic imine (C=N–C) groups is 1. The molecule has 1 rings (SSSR count). The van der Waals surface area contributed by atoms with E-state index in [1.54, 1.807) is 6.92 Å². The molecule has 0 aliphatic carbocycles. The summed E-state index contributed by atoms with van der Waals surface area (Å²) in [6.07, 6.45) is 0. The molecule has 1 aromatic rings. The first-order chi connectivity index (χ1) is 8.93. The number of sulfonamides is 1. The molecule has 0 saturated carbocycles. The molecule has 0 aliphatic rings. The molecular weight excluding hydrogens is 391 g/mol. The molecule has 4 N–H and O–H groups in total. The standard InChI is InChI=1S/C12H20N4O2S.HI/c1-3-19(17,18)15-8-7-14-12(13)16-11-6-4-5-10(2)9-11;/h4-6,9,15H,3,7-8H2,1-2H3,(H3,13,14,16);1H. The lowest BCUT2D eigenvalue weighted by Crippen LogP contribution is -2.29. The lowest BCUT2D eigenvalue weighted by molar-refractivity contribution is 0.583. The zero-order chi connectivity index (χ0) is 14.3. The van der Waals surface area contributed by atoms with Gasteiger partial charge in [0.1, 0.15) is 0 Å². The van der Waals surface area contributed by atoms with Gasteiger partial charge in [0.15, 0.2) is 5.96 Å². The highest BCUT2D eigenvalue weighted by Crippen LogP contribution is 2.08. The number of rotatable bonds is 6. The summed E-state index contributed by atoms with van der Waals surface area (Å²) in [4.78, 5) is 4.04. The summed E-state index contributed by atoms with van der Waals surface area (Å²) in [6, 6.07) is 7.73. The fraction of sp³-hybridized carbons (Fsp3) is 0.417. The maximum absolute atomic E-state index is 11.2. The molecular formula is C12H21IN4O2S. The van der Waals surface area contributed by atoms with Crippen LogP contribution in [0.5, 0.6) is 0 Å². The fourth-order valence-corrected chi connectivity index (χ4v) is 2.00. The Labute approximate surface area is 137 Å². The topological polar surface area (TPSA) is 96.6 Å². The van der Waals surface area contributed by atoms with E-state index in [1.807, 2.05) is 31.2 Å². The second-order valence-electron chi connectivity index (χ2n) is 4.06. The summed E-state index contributed by atoms with van der Waals surface area (Å²) >= 11 is 0. The van der Waals surface area contributed by atoms with Gasteiger partial charge in [0.2, 0.25) is 10.0 Å². The molecule has 0 heterocycles. The fourth-order valence-electron chi connectivity index (χ4n) is 1.39. The largest absolute Gasteiger partial charge is 0.370 e. The predicted molar refractivity (Wildman–Crippen MR) is 94.2 cm³/mol. The molecule has 0 radical (unpaired) electrons. The Morgan fingerprint density at radius 1 is 1.40 bits per heavy atom. The molecule has 114 valence electrons. The van der Waals surface area contributed by atoms with E-state index in [9.17, 15) is 8.42 Å². The third-order valence-corrected chi connectivity index (χ3v) is 3.79. The van der Waals surface area contributed by atoms with E-state index in [2.05, 4.69) is 15.0 Å². The van der Waals surface area contributed by atoms with Gasteiger partial charge in [-0.15, -0.1) is 24.0 Å². The maximum atomic E-state index is 11.2. The first-order valence-electron chi connectivity index (χ1n) is 6.04. The van der Waals surface area contributed by atoms with Crippen molar-refractivity contribution in [3.63, 3.8) is 0 Å². The monoisotopic (exact) mass is 412 g/mol. The van der Waals surface area contributed by atoms with E-state index in [1.165, 1.54) is 0 Å². The molecule has 0 bridgehead atoms. The molecule has 20 heavy (non-hydrogen) atoms. The van der Waals surface area contributed by atoms with Gasteiger partial charge in [0.25, 0.3) is 0 Å². The number of aryl methyl sites for hydroxylation is 1. The van der Waals surface area contributed by atoms with Gasteiger partial charge >= 0.3 is 0 Å². The summed E-state index contributed by atoms with van der Waals surface area (Å²) in [5.41, 5.74) is 7.68. The number of nitrogens with one attached hydrogen (secondary N) is 2. The van der Waals surface area contributed by atoms with E-state index >= 15 is 0 Å². The quantitative estimate of drug-likeness (QED) is 0.284. The van der Waals surface area contributed by atoms with Crippen LogP contribution in [0.15, 0.2) is 29.3 Å². The van der Waals surface area contributed by atoms with E-state index in [-0.39, 0.29) is 42.2 Å². The van der Waals surface area contributed by atoms with Gasteiger partial charge in [-0.3, -0.25) is 4.99 Å². The Morgan fingerprint density at radius 2 is 2.10 bits per heavy atom. The third kappa shape index (κ3) is 7.65. The molecule has 0 atom stereocenters. The van der Waals surface area contributed by atoms with Crippen molar-refractivity contribution in [3.05, 3.63) is 29.8 Å². The second kappa shape index (κ2) is 9.14. The Balaban J connectivity index is 0.00000361. The second-order valence-corrected chi connectivity index (χ2v) is 6.15. The lowest BCUT2D eigenvalue weighted by atomic mass is 10.2. The number of anilines is 1. The van der Waals surface area contributed by atoms with Crippen molar-refractivity contribution in [3.8, 4) is 0 Å². The molecule has 1 aromatic carbocycles. The number of halogens is 1. The smallest absolute Gasteiger partial charge is 0.211 e. The Morgan fingerprint density at radius 3 is 2.70 bits per heavy atom. The van der Waals surface area contributed by atoms with Crippen molar-refractivity contribution < 1.29 is 8.42 Å². The van der Waals surface area contributed by atoms with Gasteiger partial charge in [0, 0.05) is 12.2 Å². The third-order valence-electron chi connectivity index (χ3n) is 2.39. The average molecular weight is 412 g/mol. The summed E-state index contributed by atoms with van der Waals surface area (Å²) in [5, 5.41) is 2.94. The lowest BCUT2D eigenvalue weighted by Gasteiger charge is -2.06. The van der Waals surface area contributed by atoms with E-state index in [0.717, 1.165) is 11.3 Å². The molecule has 0 aliphatic heterocycles. The number of benzene rings is 1.